The smallest absolute Gasteiger partial charge is 0.333 e. The van der Waals surface area contributed by atoms with E-state index in [-0.39, 0.29) is 37.6 Å². The first-order chi connectivity index (χ1) is 14.4. The van der Waals surface area contributed by atoms with Crippen LogP contribution in [-0.4, -0.2) is 35.3 Å². The van der Waals surface area contributed by atoms with Crippen LogP contribution in [-0.2, 0) is 34.7 Å². The third-order valence-electron chi connectivity index (χ3n) is 5.93. The Morgan fingerprint density at radius 1 is 1.17 bits per heavy atom. The molecule has 0 saturated heterocycles. The molecule has 0 spiro atoms. The molecule has 0 aliphatic carbocycles. The largest absolute Gasteiger partial charge is 0.459 e. The average molecular weight is 403 g/mol. The van der Waals surface area contributed by atoms with E-state index in [4.69, 9.17) is 32.8 Å². The van der Waals surface area contributed by atoms with Gasteiger partial charge in [-0.25, -0.2) is 9.78 Å². The fraction of sp³-hybridized carbons (Fsp3) is 0.250. The van der Waals surface area contributed by atoms with Crippen molar-refractivity contribution in [1.82, 2.24) is 9.55 Å². The van der Waals surface area contributed by atoms with Crippen molar-refractivity contribution in [3.05, 3.63) is 50.8 Å². The van der Waals surface area contributed by atoms with Crippen LogP contribution < -0.4 is 20.8 Å². The Bertz CT molecular complexity index is 1360. The molecule has 0 saturated carbocycles. The summed E-state index contributed by atoms with van der Waals surface area (Å²) < 4.78 is 17.4. The molecule has 9 nitrogen and oxygen atoms in total. The number of cyclic esters (lactones) is 1. The number of hydrogen-bond acceptors (Lipinski definition) is 8. The number of aliphatic hydroxyl groups is 1. The molecule has 10 heteroatoms. The molecule has 0 amide bonds. The molecule has 6 rings (SSSR count). The molecule has 2 radical (unpaired) electrons. The monoisotopic (exact) mass is 403 g/mol. The number of hydrogen-bond donors (Lipinski definition) is 2. The number of fused-ring (bicyclic) bond motifs is 6. The van der Waals surface area contributed by atoms with Gasteiger partial charge in [0, 0.05) is 23.6 Å². The number of aromatic nitrogens is 2. The van der Waals surface area contributed by atoms with Crippen molar-refractivity contribution in [1.29, 1.82) is 0 Å². The maximum absolute atomic E-state index is 13.1. The summed E-state index contributed by atoms with van der Waals surface area (Å²) >= 11 is 0. The molecular weight excluding hydrogens is 389 g/mol. The number of nitrogens with zero attached hydrogens (tertiary/aromatic N) is 2. The summed E-state index contributed by atoms with van der Waals surface area (Å²) in [6, 6.07) is 5.15. The van der Waals surface area contributed by atoms with Crippen molar-refractivity contribution in [2.24, 2.45) is 5.73 Å². The standard InChI is InChI=1S/C20H14BN3O6/c21-20(27)12-2-14-17-10(5-24(14)18(25)11(12)6-28-19(20)26)9(4-22)8-1-15-16(30-7-29-15)3-13(8)23-17/h1-3,27H,4-7,22H2/t20-/m0/s1. The zero-order chi connectivity index (χ0) is 20.8. The quantitative estimate of drug-likeness (QED) is 0.336. The summed E-state index contributed by atoms with van der Waals surface area (Å²) in [4.78, 5) is 29.8. The second kappa shape index (κ2) is 5.62. The zero-order valence-electron chi connectivity index (χ0n) is 15.6. The number of rotatable bonds is 1. The Morgan fingerprint density at radius 2 is 1.93 bits per heavy atom. The molecule has 1 atom stereocenters. The second-order valence-electron chi connectivity index (χ2n) is 7.50. The third-order valence-corrected chi connectivity index (χ3v) is 5.93. The number of pyridine rings is 2. The number of carbonyl (C=O) groups excluding carboxylic acids is 1. The van der Waals surface area contributed by atoms with E-state index in [0.717, 1.165) is 16.5 Å². The van der Waals surface area contributed by atoms with Crippen molar-refractivity contribution in [3.8, 4) is 22.9 Å². The van der Waals surface area contributed by atoms with Gasteiger partial charge in [0.15, 0.2) is 11.5 Å². The van der Waals surface area contributed by atoms with Crippen molar-refractivity contribution < 1.29 is 24.1 Å². The molecule has 0 unspecified atom stereocenters. The van der Waals surface area contributed by atoms with E-state index in [0.29, 0.717) is 28.4 Å². The van der Waals surface area contributed by atoms with E-state index < -0.39 is 17.0 Å². The second-order valence-corrected chi connectivity index (χ2v) is 7.50. The molecule has 2 aromatic heterocycles. The zero-order valence-corrected chi connectivity index (χ0v) is 15.6. The highest BCUT2D eigenvalue weighted by atomic mass is 16.7. The van der Waals surface area contributed by atoms with Crippen molar-refractivity contribution in [2.75, 3.05) is 6.79 Å². The van der Waals surface area contributed by atoms with Gasteiger partial charge in [-0.3, -0.25) is 4.79 Å². The van der Waals surface area contributed by atoms with Gasteiger partial charge in [-0.05, 0) is 23.3 Å². The molecule has 3 aromatic rings. The Hall–Kier alpha value is -3.37. The summed E-state index contributed by atoms with van der Waals surface area (Å²) in [7, 11) is 5.79. The molecule has 0 bridgehead atoms. The minimum absolute atomic E-state index is 0.0322. The highest BCUT2D eigenvalue weighted by molar-refractivity contribution is 6.26. The Labute approximate surface area is 170 Å². The summed E-state index contributed by atoms with van der Waals surface area (Å²) in [5.41, 5.74) is 6.76. The minimum atomic E-state index is -2.40. The Kier molecular flexibility index (Phi) is 3.27. The van der Waals surface area contributed by atoms with Gasteiger partial charge in [-0.1, -0.05) is 0 Å². The number of nitrogens with two attached hydrogens (primary N) is 1. The normalized spacial score (nSPS) is 20.7. The summed E-state index contributed by atoms with van der Waals surface area (Å²) in [6.45, 7) is 0.381. The van der Waals surface area contributed by atoms with Crippen LogP contribution in [0.4, 0.5) is 0 Å². The predicted molar refractivity (Wildman–Crippen MR) is 104 cm³/mol. The molecule has 30 heavy (non-hydrogen) atoms. The van der Waals surface area contributed by atoms with E-state index in [1.54, 1.807) is 6.07 Å². The van der Waals surface area contributed by atoms with Gasteiger partial charge in [0.1, 0.15) is 20.0 Å². The Balaban J connectivity index is 1.66. The van der Waals surface area contributed by atoms with Gasteiger partial charge < -0.3 is 29.6 Å². The van der Waals surface area contributed by atoms with Crippen LogP contribution in [0.5, 0.6) is 11.5 Å². The van der Waals surface area contributed by atoms with Crippen LogP contribution in [0, 0.1) is 0 Å². The van der Waals surface area contributed by atoms with E-state index in [1.807, 2.05) is 6.07 Å². The lowest BCUT2D eigenvalue weighted by Gasteiger charge is -2.30. The SMILES string of the molecule is [B][C@@]1(O)C(=O)OCc2c1cc1n(c2=O)Cc2c-1nc1cc3c(cc1c2CN)OCO3. The lowest BCUT2D eigenvalue weighted by atomic mass is 9.73. The molecule has 3 N–H and O–H groups in total. The van der Waals surface area contributed by atoms with Gasteiger partial charge in [-0.15, -0.1) is 0 Å². The molecule has 3 aliphatic rings. The highest BCUT2D eigenvalue weighted by Crippen LogP contribution is 2.42. The molecule has 5 heterocycles. The summed E-state index contributed by atoms with van der Waals surface area (Å²) in [5.74, 6) is 0.197. The third kappa shape index (κ3) is 2.06. The van der Waals surface area contributed by atoms with E-state index >= 15 is 0 Å². The van der Waals surface area contributed by atoms with Crippen LogP contribution in [0.3, 0.4) is 0 Å². The first-order valence-electron chi connectivity index (χ1n) is 9.31. The predicted octanol–water partition coefficient (Wildman–Crippen LogP) is -0.0170. The first-order valence-corrected chi connectivity index (χ1v) is 9.31. The maximum Gasteiger partial charge on any atom is 0.333 e. The van der Waals surface area contributed by atoms with E-state index in [2.05, 4.69) is 0 Å². The minimum Gasteiger partial charge on any atom is -0.459 e. The van der Waals surface area contributed by atoms with Crippen LogP contribution in [0.15, 0.2) is 23.0 Å². The highest BCUT2D eigenvalue weighted by Gasteiger charge is 2.42. The van der Waals surface area contributed by atoms with Crippen molar-refractivity contribution in [2.45, 2.75) is 25.2 Å². The molecule has 148 valence electrons. The fourth-order valence-electron chi connectivity index (χ4n) is 4.41. The van der Waals surface area contributed by atoms with Crippen LogP contribution >= 0.6 is 0 Å². The maximum atomic E-state index is 13.1. The summed E-state index contributed by atoms with van der Waals surface area (Å²) in [6.07, 6.45) is 0. The molecular formula is C20H14BN3O6. The lowest BCUT2D eigenvalue weighted by Crippen LogP contribution is -2.45. The van der Waals surface area contributed by atoms with Gasteiger partial charge in [-0.2, -0.15) is 0 Å². The Morgan fingerprint density at radius 3 is 2.70 bits per heavy atom. The van der Waals surface area contributed by atoms with Crippen molar-refractivity contribution in [3.63, 3.8) is 0 Å². The van der Waals surface area contributed by atoms with Gasteiger partial charge >= 0.3 is 5.97 Å². The van der Waals surface area contributed by atoms with E-state index in [9.17, 15) is 14.7 Å². The summed E-state index contributed by atoms with van der Waals surface area (Å²) in [5, 5.41) is 11.3. The molecule has 3 aliphatic heterocycles. The lowest BCUT2D eigenvalue weighted by molar-refractivity contribution is -0.162. The number of benzene rings is 1. The first kappa shape index (κ1) is 17.5. The van der Waals surface area contributed by atoms with Crippen molar-refractivity contribution >= 4 is 24.7 Å². The molecule has 1 aromatic carbocycles. The number of esters is 1. The van der Waals surface area contributed by atoms with Crippen LogP contribution in [0.25, 0.3) is 22.3 Å². The van der Waals surface area contributed by atoms with Gasteiger partial charge in [0.05, 0.1) is 29.0 Å². The van der Waals surface area contributed by atoms with Gasteiger partial charge in [0.2, 0.25) is 6.79 Å². The molecule has 0 fully saturated rings. The van der Waals surface area contributed by atoms with Crippen LogP contribution in [0.2, 0.25) is 0 Å². The van der Waals surface area contributed by atoms with Gasteiger partial charge in [0.25, 0.3) is 5.56 Å². The number of carbonyl (C=O) groups is 1. The number of ether oxygens (including phenoxy) is 3. The topological polar surface area (TPSA) is 126 Å². The fourth-order valence-corrected chi connectivity index (χ4v) is 4.41. The van der Waals surface area contributed by atoms with Crippen LogP contribution in [0.1, 0.15) is 22.3 Å². The van der Waals surface area contributed by atoms with E-state index in [1.165, 1.54) is 10.6 Å². The average Bonchev–Trinajstić information content (AvgIpc) is 3.32.